The van der Waals surface area contributed by atoms with Crippen molar-refractivity contribution in [1.82, 2.24) is 0 Å². The summed E-state index contributed by atoms with van der Waals surface area (Å²) in [7, 11) is 1.43. The molecular formula is C14H15NO3. The van der Waals surface area contributed by atoms with Gasteiger partial charge in [-0.05, 0) is 30.0 Å². The van der Waals surface area contributed by atoms with Gasteiger partial charge in [-0.15, -0.1) is 0 Å². The summed E-state index contributed by atoms with van der Waals surface area (Å²) in [5.74, 6) is -0.145. The fourth-order valence-corrected chi connectivity index (χ4v) is 2.86. The fraction of sp³-hybridized carbons (Fsp3) is 0.429. The van der Waals surface area contributed by atoms with E-state index in [1.165, 1.54) is 7.11 Å². The van der Waals surface area contributed by atoms with Gasteiger partial charge in [0.1, 0.15) is 0 Å². The molecule has 1 aliphatic heterocycles. The van der Waals surface area contributed by atoms with Crippen molar-refractivity contribution in [1.29, 1.82) is 0 Å². The second-order valence-corrected chi connectivity index (χ2v) is 5.02. The van der Waals surface area contributed by atoms with Gasteiger partial charge in [0.25, 0.3) is 0 Å². The SMILES string of the molecule is COC(=O)C1(c2ccc3c(c2)CC(=O)N3)CCC1. The molecule has 1 aromatic rings. The van der Waals surface area contributed by atoms with Crippen molar-refractivity contribution in [3.63, 3.8) is 0 Å². The van der Waals surface area contributed by atoms with E-state index in [0.717, 1.165) is 36.1 Å². The average Bonchev–Trinajstić information content (AvgIpc) is 2.66. The van der Waals surface area contributed by atoms with E-state index in [2.05, 4.69) is 5.32 Å². The molecule has 3 rings (SSSR count). The summed E-state index contributed by atoms with van der Waals surface area (Å²) in [5, 5.41) is 2.80. The molecule has 1 amide bonds. The molecule has 4 nitrogen and oxygen atoms in total. The first kappa shape index (κ1) is 11.3. The molecule has 1 aromatic carbocycles. The molecule has 0 bridgehead atoms. The lowest BCUT2D eigenvalue weighted by Crippen LogP contribution is -2.43. The van der Waals surface area contributed by atoms with E-state index in [0.29, 0.717) is 6.42 Å². The van der Waals surface area contributed by atoms with Crippen LogP contribution < -0.4 is 5.32 Å². The van der Waals surface area contributed by atoms with E-state index in [-0.39, 0.29) is 11.9 Å². The van der Waals surface area contributed by atoms with Crippen LogP contribution in [0.2, 0.25) is 0 Å². The number of carbonyl (C=O) groups excluding carboxylic acids is 2. The molecular weight excluding hydrogens is 230 g/mol. The molecule has 0 radical (unpaired) electrons. The van der Waals surface area contributed by atoms with Crippen LogP contribution in [-0.2, 0) is 26.2 Å². The Hall–Kier alpha value is -1.84. The third-order valence-electron chi connectivity index (χ3n) is 4.07. The van der Waals surface area contributed by atoms with Crippen LogP contribution in [-0.4, -0.2) is 19.0 Å². The molecule has 2 aliphatic rings. The summed E-state index contributed by atoms with van der Waals surface area (Å²) in [4.78, 5) is 23.3. The number of hydrogen-bond donors (Lipinski definition) is 1. The topological polar surface area (TPSA) is 55.4 Å². The highest BCUT2D eigenvalue weighted by Gasteiger charge is 2.47. The van der Waals surface area contributed by atoms with Crippen molar-refractivity contribution >= 4 is 17.6 Å². The molecule has 0 aromatic heterocycles. The molecule has 0 atom stereocenters. The number of nitrogens with one attached hydrogen (secondary N) is 1. The molecule has 1 aliphatic carbocycles. The van der Waals surface area contributed by atoms with Gasteiger partial charge in [-0.2, -0.15) is 0 Å². The number of esters is 1. The Balaban J connectivity index is 2.00. The highest BCUT2D eigenvalue weighted by atomic mass is 16.5. The van der Waals surface area contributed by atoms with E-state index >= 15 is 0 Å². The Kier molecular flexibility index (Phi) is 2.40. The molecule has 1 heterocycles. The Morgan fingerprint density at radius 1 is 1.39 bits per heavy atom. The fourth-order valence-electron chi connectivity index (χ4n) is 2.86. The van der Waals surface area contributed by atoms with Gasteiger partial charge in [0.15, 0.2) is 0 Å². The zero-order chi connectivity index (χ0) is 12.8. The number of hydrogen-bond acceptors (Lipinski definition) is 3. The molecule has 1 fully saturated rings. The highest BCUT2D eigenvalue weighted by Crippen LogP contribution is 2.45. The van der Waals surface area contributed by atoms with E-state index in [9.17, 15) is 9.59 Å². The van der Waals surface area contributed by atoms with E-state index in [1.54, 1.807) is 0 Å². The third-order valence-corrected chi connectivity index (χ3v) is 4.07. The maximum atomic E-state index is 12.0. The van der Waals surface area contributed by atoms with Gasteiger partial charge in [0.2, 0.25) is 5.91 Å². The highest BCUT2D eigenvalue weighted by molar-refractivity contribution is 5.99. The van der Waals surface area contributed by atoms with Gasteiger partial charge >= 0.3 is 5.97 Å². The van der Waals surface area contributed by atoms with E-state index in [1.807, 2.05) is 18.2 Å². The average molecular weight is 245 g/mol. The number of methoxy groups -OCH3 is 1. The summed E-state index contributed by atoms with van der Waals surface area (Å²) in [6.07, 6.45) is 3.11. The molecule has 0 saturated heterocycles. The van der Waals surface area contributed by atoms with Gasteiger partial charge in [-0.1, -0.05) is 18.6 Å². The lowest BCUT2D eigenvalue weighted by molar-refractivity contribution is -0.151. The van der Waals surface area contributed by atoms with Crippen molar-refractivity contribution in [3.8, 4) is 0 Å². The van der Waals surface area contributed by atoms with E-state index in [4.69, 9.17) is 4.74 Å². The van der Waals surface area contributed by atoms with Crippen LogP contribution >= 0.6 is 0 Å². The molecule has 1 saturated carbocycles. The number of ether oxygens (including phenoxy) is 1. The molecule has 1 N–H and O–H groups in total. The number of fused-ring (bicyclic) bond motifs is 1. The Labute approximate surface area is 105 Å². The summed E-state index contributed by atoms with van der Waals surface area (Å²) in [6, 6.07) is 5.79. The zero-order valence-electron chi connectivity index (χ0n) is 10.3. The Morgan fingerprint density at radius 3 is 2.78 bits per heavy atom. The third kappa shape index (κ3) is 1.45. The van der Waals surface area contributed by atoms with Crippen molar-refractivity contribution in [2.24, 2.45) is 0 Å². The largest absolute Gasteiger partial charge is 0.468 e. The predicted octanol–water partition coefficient (Wildman–Crippen LogP) is 1.78. The Bertz CT molecular complexity index is 532. The molecule has 94 valence electrons. The van der Waals surface area contributed by atoms with Crippen LogP contribution in [0, 0.1) is 0 Å². The number of benzene rings is 1. The number of anilines is 1. The molecule has 18 heavy (non-hydrogen) atoms. The standard InChI is InChI=1S/C14H15NO3/c1-18-13(17)14(5-2-6-14)10-3-4-11-9(7-10)8-12(16)15-11/h3-4,7H,2,5-6,8H2,1H3,(H,15,16). The first-order chi connectivity index (χ1) is 8.65. The lowest BCUT2D eigenvalue weighted by atomic mass is 9.64. The number of amides is 1. The number of carbonyl (C=O) groups is 2. The second kappa shape index (κ2) is 3.83. The first-order valence-corrected chi connectivity index (χ1v) is 6.17. The van der Waals surface area contributed by atoms with E-state index < -0.39 is 5.41 Å². The minimum atomic E-state index is -0.477. The van der Waals surface area contributed by atoms with Crippen molar-refractivity contribution in [3.05, 3.63) is 29.3 Å². The summed E-state index contributed by atoms with van der Waals surface area (Å²) < 4.78 is 4.93. The van der Waals surface area contributed by atoms with Gasteiger partial charge in [0.05, 0.1) is 18.9 Å². The molecule has 0 unspecified atom stereocenters. The summed E-state index contributed by atoms with van der Waals surface area (Å²) in [5.41, 5.74) is 2.35. The van der Waals surface area contributed by atoms with Crippen molar-refractivity contribution < 1.29 is 14.3 Å². The summed E-state index contributed by atoms with van der Waals surface area (Å²) >= 11 is 0. The maximum absolute atomic E-state index is 12.0. The zero-order valence-corrected chi connectivity index (χ0v) is 10.3. The minimum absolute atomic E-state index is 0.0166. The monoisotopic (exact) mass is 245 g/mol. The second-order valence-electron chi connectivity index (χ2n) is 5.02. The van der Waals surface area contributed by atoms with Crippen LogP contribution in [0.1, 0.15) is 30.4 Å². The molecule has 4 heteroatoms. The van der Waals surface area contributed by atoms with Gasteiger partial charge in [-0.25, -0.2) is 0 Å². The quantitative estimate of drug-likeness (QED) is 0.808. The summed E-state index contributed by atoms with van der Waals surface area (Å²) in [6.45, 7) is 0. The van der Waals surface area contributed by atoms with Gasteiger partial charge in [-0.3, -0.25) is 9.59 Å². The normalized spacial score (nSPS) is 19.7. The van der Waals surface area contributed by atoms with Crippen molar-refractivity contribution in [2.45, 2.75) is 31.1 Å². The predicted molar refractivity (Wildman–Crippen MR) is 66.3 cm³/mol. The number of rotatable bonds is 2. The van der Waals surface area contributed by atoms with Crippen LogP contribution in [0.25, 0.3) is 0 Å². The van der Waals surface area contributed by atoms with Crippen LogP contribution in [0.4, 0.5) is 5.69 Å². The minimum Gasteiger partial charge on any atom is -0.468 e. The van der Waals surface area contributed by atoms with Crippen LogP contribution in [0.3, 0.4) is 0 Å². The molecule has 0 spiro atoms. The first-order valence-electron chi connectivity index (χ1n) is 6.17. The smallest absolute Gasteiger partial charge is 0.316 e. The Morgan fingerprint density at radius 2 is 2.17 bits per heavy atom. The van der Waals surface area contributed by atoms with Gasteiger partial charge in [0, 0.05) is 5.69 Å². The lowest BCUT2D eigenvalue weighted by Gasteiger charge is -2.39. The van der Waals surface area contributed by atoms with Crippen LogP contribution in [0.5, 0.6) is 0 Å². The van der Waals surface area contributed by atoms with Crippen molar-refractivity contribution in [2.75, 3.05) is 12.4 Å². The van der Waals surface area contributed by atoms with Gasteiger partial charge < -0.3 is 10.1 Å². The van der Waals surface area contributed by atoms with Crippen LogP contribution in [0.15, 0.2) is 18.2 Å². The maximum Gasteiger partial charge on any atom is 0.316 e.